The first-order valence-electron chi connectivity index (χ1n) is 7.85. The van der Waals surface area contributed by atoms with E-state index >= 15 is 0 Å². The molecule has 0 fully saturated rings. The van der Waals surface area contributed by atoms with Gasteiger partial charge in [-0.15, -0.1) is 0 Å². The zero-order valence-electron chi connectivity index (χ0n) is 13.5. The van der Waals surface area contributed by atoms with Crippen molar-refractivity contribution in [1.82, 2.24) is 0 Å². The van der Waals surface area contributed by atoms with Gasteiger partial charge in [0, 0.05) is 6.21 Å². The van der Waals surface area contributed by atoms with Gasteiger partial charge in [-0.2, -0.15) is 0 Å². The SMILES string of the molecule is O=C(O)c1ccc(COc2ccc(C=Nc3ccccc3)cc2)cc1. The molecular weight excluding hydrogens is 314 g/mol. The summed E-state index contributed by atoms with van der Waals surface area (Å²) in [6, 6.07) is 24.1. The van der Waals surface area contributed by atoms with Crippen LogP contribution >= 0.6 is 0 Å². The minimum absolute atomic E-state index is 0.269. The van der Waals surface area contributed by atoms with E-state index in [0.717, 1.165) is 22.6 Å². The highest BCUT2D eigenvalue weighted by Gasteiger charge is 2.02. The van der Waals surface area contributed by atoms with E-state index in [1.165, 1.54) is 0 Å². The smallest absolute Gasteiger partial charge is 0.335 e. The van der Waals surface area contributed by atoms with Gasteiger partial charge in [-0.05, 0) is 59.7 Å². The van der Waals surface area contributed by atoms with Gasteiger partial charge in [-0.3, -0.25) is 4.99 Å². The Morgan fingerprint density at radius 1 is 0.920 bits per heavy atom. The molecule has 25 heavy (non-hydrogen) atoms. The molecule has 4 nitrogen and oxygen atoms in total. The summed E-state index contributed by atoms with van der Waals surface area (Å²) in [5.41, 5.74) is 3.08. The first kappa shape index (κ1) is 16.5. The maximum atomic E-state index is 10.8. The van der Waals surface area contributed by atoms with Crippen LogP contribution in [0, 0.1) is 0 Å². The number of carbonyl (C=O) groups is 1. The Morgan fingerprint density at radius 3 is 2.24 bits per heavy atom. The third-order valence-electron chi connectivity index (χ3n) is 3.61. The Kier molecular flexibility index (Phi) is 5.22. The fraction of sp³-hybridized carbons (Fsp3) is 0.0476. The predicted molar refractivity (Wildman–Crippen MR) is 97.9 cm³/mol. The lowest BCUT2D eigenvalue weighted by Crippen LogP contribution is -1.99. The maximum Gasteiger partial charge on any atom is 0.335 e. The summed E-state index contributed by atoms with van der Waals surface area (Å²) in [6.45, 7) is 0.386. The highest BCUT2D eigenvalue weighted by Crippen LogP contribution is 2.15. The number of rotatable bonds is 6. The minimum Gasteiger partial charge on any atom is -0.489 e. The molecule has 0 atom stereocenters. The summed E-state index contributed by atoms with van der Waals surface area (Å²) in [6.07, 6.45) is 1.81. The first-order chi connectivity index (χ1) is 12.2. The van der Waals surface area contributed by atoms with Crippen LogP contribution < -0.4 is 4.74 Å². The van der Waals surface area contributed by atoms with Crippen molar-refractivity contribution in [3.63, 3.8) is 0 Å². The number of hydrogen-bond acceptors (Lipinski definition) is 3. The van der Waals surface area contributed by atoms with Crippen LogP contribution in [0.4, 0.5) is 5.69 Å². The number of aliphatic imine (C=N–C) groups is 1. The summed E-state index contributed by atoms with van der Waals surface area (Å²) in [7, 11) is 0. The minimum atomic E-state index is -0.930. The van der Waals surface area contributed by atoms with Crippen LogP contribution in [0.25, 0.3) is 0 Å². The van der Waals surface area contributed by atoms with Crippen molar-refractivity contribution in [2.24, 2.45) is 4.99 Å². The lowest BCUT2D eigenvalue weighted by atomic mass is 10.1. The van der Waals surface area contributed by atoms with E-state index in [9.17, 15) is 4.79 Å². The number of carboxylic acid groups (broad SMARTS) is 1. The molecule has 0 bridgehead atoms. The van der Waals surface area contributed by atoms with Crippen molar-refractivity contribution < 1.29 is 14.6 Å². The normalized spacial score (nSPS) is 10.7. The molecule has 0 amide bonds. The third-order valence-corrected chi connectivity index (χ3v) is 3.61. The number of aromatic carboxylic acids is 1. The number of para-hydroxylation sites is 1. The number of carboxylic acids is 1. The van der Waals surface area contributed by atoms with Gasteiger partial charge in [0.05, 0.1) is 11.3 Å². The van der Waals surface area contributed by atoms with Gasteiger partial charge in [-0.1, -0.05) is 30.3 Å². The van der Waals surface area contributed by atoms with Crippen LogP contribution in [0.1, 0.15) is 21.5 Å². The molecule has 3 aromatic rings. The second kappa shape index (κ2) is 7.93. The molecule has 0 spiro atoms. The lowest BCUT2D eigenvalue weighted by Gasteiger charge is -2.07. The van der Waals surface area contributed by atoms with Gasteiger partial charge in [0.2, 0.25) is 0 Å². The quantitative estimate of drug-likeness (QED) is 0.665. The van der Waals surface area contributed by atoms with E-state index in [4.69, 9.17) is 9.84 Å². The van der Waals surface area contributed by atoms with Crippen LogP contribution in [-0.2, 0) is 6.61 Å². The van der Waals surface area contributed by atoms with Crippen molar-refractivity contribution in [1.29, 1.82) is 0 Å². The fourth-order valence-electron chi connectivity index (χ4n) is 2.22. The molecular formula is C21H17NO3. The van der Waals surface area contributed by atoms with Gasteiger partial charge in [-0.25, -0.2) is 4.79 Å². The van der Waals surface area contributed by atoms with E-state index in [1.54, 1.807) is 24.3 Å². The average molecular weight is 331 g/mol. The first-order valence-corrected chi connectivity index (χ1v) is 7.85. The highest BCUT2D eigenvalue weighted by atomic mass is 16.5. The van der Waals surface area contributed by atoms with Gasteiger partial charge in [0.25, 0.3) is 0 Å². The Hall–Kier alpha value is -3.40. The molecule has 0 radical (unpaired) electrons. The second-order valence-corrected chi connectivity index (χ2v) is 5.45. The Labute approximate surface area is 146 Å². The van der Waals surface area contributed by atoms with E-state index in [2.05, 4.69) is 4.99 Å². The summed E-state index contributed by atoms with van der Waals surface area (Å²) in [4.78, 5) is 15.2. The molecule has 4 heteroatoms. The van der Waals surface area contributed by atoms with Crippen molar-refractivity contribution in [3.8, 4) is 5.75 Å². The van der Waals surface area contributed by atoms with Crippen LogP contribution in [0.5, 0.6) is 5.75 Å². The molecule has 3 rings (SSSR count). The number of nitrogens with zero attached hydrogens (tertiary/aromatic N) is 1. The van der Waals surface area contributed by atoms with Crippen molar-refractivity contribution in [2.75, 3.05) is 0 Å². The fourth-order valence-corrected chi connectivity index (χ4v) is 2.22. The number of benzene rings is 3. The maximum absolute atomic E-state index is 10.8. The van der Waals surface area contributed by atoms with Crippen molar-refractivity contribution in [3.05, 3.63) is 95.6 Å². The van der Waals surface area contributed by atoms with Crippen molar-refractivity contribution >= 4 is 17.9 Å². The Bertz CT molecular complexity index is 854. The molecule has 0 saturated heterocycles. The summed E-state index contributed by atoms with van der Waals surface area (Å²) in [5.74, 6) is -0.181. The second-order valence-electron chi connectivity index (χ2n) is 5.45. The van der Waals surface area contributed by atoms with E-state index in [-0.39, 0.29) is 5.56 Å². The lowest BCUT2D eigenvalue weighted by molar-refractivity contribution is 0.0697. The Morgan fingerprint density at radius 2 is 1.60 bits per heavy atom. The van der Waals surface area contributed by atoms with Gasteiger partial charge in [0.15, 0.2) is 0 Å². The Balaban J connectivity index is 1.57. The molecule has 124 valence electrons. The molecule has 3 aromatic carbocycles. The van der Waals surface area contributed by atoms with E-state index in [1.807, 2.05) is 60.8 Å². The molecule has 0 heterocycles. The molecule has 0 aliphatic heterocycles. The van der Waals surface area contributed by atoms with Gasteiger partial charge < -0.3 is 9.84 Å². The standard InChI is InChI=1S/C21H17NO3/c23-21(24)18-10-6-17(7-11-18)15-25-20-12-8-16(9-13-20)14-22-19-4-2-1-3-5-19/h1-14H,15H2,(H,23,24). The zero-order valence-corrected chi connectivity index (χ0v) is 13.5. The van der Waals surface area contributed by atoms with Crippen LogP contribution in [-0.4, -0.2) is 17.3 Å². The zero-order chi connectivity index (χ0) is 17.5. The molecule has 0 aromatic heterocycles. The molecule has 1 N–H and O–H groups in total. The third kappa shape index (κ3) is 4.78. The monoisotopic (exact) mass is 331 g/mol. The van der Waals surface area contributed by atoms with Gasteiger partial charge in [0.1, 0.15) is 12.4 Å². The van der Waals surface area contributed by atoms with Crippen LogP contribution in [0.3, 0.4) is 0 Å². The summed E-state index contributed by atoms with van der Waals surface area (Å²) < 4.78 is 5.72. The van der Waals surface area contributed by atoms with E-state index < -0.39 is 5.97 Å². The van der Waals surface area contributed by atoms with Crippen molar-refractivity contribution in [2.45, 2.75) is 6.61 Å². The topological polar surface area (TPSA) is 58.9 Å². The molecule has 0 unspecified atom stereocenters. The summed E-state index contributed by atoms with van der Waals surface area (Å²) >= 11 is 0. The van der Waals surface area contributed by atoms with Gasteiger partial charge >= 0.3 is 5.97 Å². The number of hydrogen-bond donors (Lipinski definition) is 1. The van der Waals surface area contributed by atoms with E-state index in [0.29, 0.717) is 6.61 Å². The van der Waals surface area contributed by atoms with Crippen LogP contribution in [0.2, 0.25) is 0 Å². The molecule has 0 saturated carbocycles. The van der Waals surface area contributed by atoms with Crippen LogP contribution in [0.15, 0.2) is 83.9 Å². The molecule has 0 aliphatic carbocycles. The average Bonchev–Trinajstić information content (AvgIpc) is 2.67. The molecule has 0 aliphatic rings. The number of ether oxygens (including phenoxy) is 1. The highest BCUT2D eigenvalue weighted by molar-refractivity contribution is 5.87. The predicted octanol–water partition coefficient (Wildman–Crippen LogP) is 4.71. The largest absolute Gasteiger partial charge is 0.489 e. The summed E-state index contributed by atoms with van der Waals surface area (Å²) in [5, 5.41) is 8.88.